The third kappa shape index (κ3) is 7.27. The van der Waals surface area contributed by atoms with Crippen LogP contribution in [0.4, 0.5) is 0 Å². The van der Waals surface area contributed by atoms with Gasteiger partial charge in [0.25, 0.3) is 0 Å². The number of oxime groups is 1. The topological polar surface area (TPSA) is 114 Å². The number of alkyl halides is 1. The highest BCUT2D eigenvalue weighted by molar-refractivity contribution is 6.27. The maximum atomic E-state index is 9.10. The van der Waals surface area contributed by atoms with Gasteiger partial charge in [0.2, 0.25) is 0 Å². The zero-order valence-electron chi connectivity index (χ0n) is 15.4. The molecule has 1 aromatic heterocycles. The van der Waals surface area contributed by atoms with Crippen LogP contribution >= 0.6 is 11.6 Å². The zero-order chi connectivity index (χ0) is 21.1. The lowest BCUT2D eigenvalue weighted by Gasteiger charge is -2.09. The Labute approximate surface area is 172 Å². The van der Waals surface area contributed by atoms with Crippen molar-refractivity contribution in [2.75, 3.05) is 12.5 Å². The van der Waals surface area contributed by atoms with E-state index in [1.807, 2.05) is 22.9 Å². The molecule has 3 rings (SSSR count). The number of hydrogen-bond donors (Lipinski definition) is 2. The Balaban J connectivity index is 0.000000438. The van der Waals surface area contributed by atoms with Crippen molar-refractivity contribution in [3.8, 4) is 0 Å². The van der Waals surface area contributed by atoms with Gasteiger partial charge < -0.3 is 19.6 Å². The maximum Gasteiger partial charge on any atom is 0.414 e. The molecular weight excluding hydrogens is 398 g/mol. The van der Waals surface area contributed by atoms with E-state index in [4.69, 9.17) is 36.2 Å². The standard InChI is InChI=1S/C18H18ClN3O.C2H2O4/c19-8-3-11-23-21-18(13-22-10-9-20-14-22)17-7-6-15-4-1-2-5-16(15)12-17;3-1(4)2(5)6/h1-2,4-7,9-10,12,14H,3,8,11,13H2;(H,3,4)(H,5,6)/b21-18-;. The maximum absolute atomic E-state index is 9.10. The van der Waals surface area contributed by atoms with Gasteiger partial charge in [0, 0.05) is 23.8 Å². The molecule has 0 unspecified atom stereocenters. The molecule has 3 aromatic rings. The molecule has 2 aromatic carbocycles. The van der Waals surface area contributed by atoms with Crippen LogP contribution in [0, 0.1) is 0 Å². The average molecular weight is 418 g/mol. The second kappa shape index (κ2) is 11.5. The number of carbonyl (C=O) groups is 2. The number of halogens is 1. The molecule has 2 N–H and O–H groups in total. The third-order valence-corrected chi connectivity index (χ3v) is 3.97. The Hall–Kier alpha value is -3.39. The SMILES string of the molecule is ClCCCO/N=C(/Cn1ccnc1)c1ccc2ccccc2c1.O=C(O)C(=O)O. The summed E-state index contributed by atoms with van der Waals surface area (Å²) < 4.78 is 1.97. The molecule has 0 atom stereocenters. The van der Waals surface area contributed by atoms with Gasteiger partial charge in [-0.1, -0.05) is 41.6 Å². The molecule has 0 fully saturated rings. The van der Waals surface area contributed by atoms with Crippen molar-refractivity contribution in [3.63, 3.8) is 0 Å². The summed E-state index contributed by atoms with van der Waals surface area (Å²) >= 11 is 5.67. The first-order valence-electron chi connectivity index (χ1n) is 8.67. The van der Waals surface area contributed by atoms with Crippen LogP contribution in [0.15, 0.2) is 66.3 Å². The molecule has 0 spiro atoms. The molecule has 29 heavy (non-hydrogen) atoms. The van der Waals surface area contributed by atoms with Gasteiger partial charge in [-0.05, 0) is 23.3 Å². The summed E-state index contributed by atoms with van der Waals surface area (Å²) in [4.78, 5) is 27.7. The minimum Gasteiger partial charge on any atom is -0.473 e. The molecule has 0 saturated carbocycles. The predicted molar refractivity (Wildman–Crippen MR) is 109 cm³/mol. The fraction of sp³-hybridized carbons (Fsp3) is 0.200. The molecule has 0 bridgehead atoms. The predicted octanol–water partition coefficient (Wildman–Crippen LogP) is 3.24. The van der Waals surface area contributed by atoms with Gasteiger partial charge in [-0.2, -0.15) is 0 Å². The summed E-state index contributed by atoms with van der Waals surface area (Å²) in [5.74, 6) is -3.08. The Bertz CT molecular complexity index is 961. The van der Waals surface area contributed by atoms with Crippen molar-refractivity contribution in [2.45, 2.75) is 13.0 Å². The molecule has 0 amide bonds. The first-order chi connectivity index (χ1) is 14.0. The molecule has 0 aliphatic heterocycles. The lowest BCUT2D eigenvalue weighted by molar-refractivity contribution is -0.159. The van der Waals surface area contributed by atoms with Crippen LogP contribution in [0.1, 0.15) is 12.0 Å². The van der Waals surface area contributed by atoms with Gasteiger partial charge in [-0.15, -0.1) is 11.6 Å². The molecule has 152 valence electrons. The van der Waals surface area contributed by atoms with Gasteiger partial charge in [-0.3, -0.25) is 0 Å². The normalized spacial score (nSPS) is 10.9. The average Bonchev–Trinajstić information content (AvgIpc) is 3.23. The van der Waals surface area contributed by atoms with Crippen molar-refractivity contribution in [3.05, 3.63) is 66.7 Å². The number of benzene rings is 2. The number of nitrogens with zero attached hydrogens (tertiary/aromatic N) is 3. The minimum absolute atomic E-state index is 0.518. The number of aromatic nitrogens is 2. The number of carboxylic acids is 2. The van der Waals surface area contributed by atoms with E-state index in [1.165, 1.54) is 10.8 Å². The van der Waals surface area contributed by atoms with Crippen LogP contribution in [0.2, 0.25) is 0 Å². The zero-order valence-corrected chi connectivity index (χ0v) is 16.2. The lowest BCUT2D eigenvalue weighted by Crippen LogP contribution is -2.11. The highest BCUT2D eigenvalue weighted by Gasteiger charge is 2.07. The molecule has 9 heteroatoms. The smallest absolute Gasteiger partial charge is 0.414 e. The fourth-order valence-electron chi connectivity index (χ4n) is 2.34. The highest BCUT2D eigenvalue weighted by atomic mass is 35.5. The molecule has 0 aliphatic rings. The number of carboxylic acid groups (broad SMARTS) is 2. The van der Waals surface area contributed by atoms with Gasteiger partial charge >= 0.3 is 11.9 Å². The quantitative estimate of drug-likeness (QED) is 0.200. The molecule has 8 nitrogen and oxygen atoms in total. The van der Waals surface area contributed by atoms with E-state index < -0.39 is 11.9 Å². The van der Waals surface area contributed by atoms with E-state index in [0.717, 1.165) is 17.7 Å². The Morgan fingerprint density at radius 1 is 1.10 bits per heavy atom. The van der Waals surface area contributed by atoms with Crippen LogP contribution < -0.4 is 0 Å². The lowest BCUT2D eigenvalue weighted by atomic mass is 10.0. The molecule has 1 heterocycles. The van der Waals surface area contributed by atoms with Crippen molar-refractivity contribution < 1.29 is 24.6 Å². The van der Waals surface area contributed by atoms with E-state index in [1.54, 1.807) is 12.5 Å². The number of aliphatic carboxylic acids is 2. The second-order valence-electron chi connectivity index (χ2n) is 5.82. The number of imidazole rings is 1. The van der Waals surface area contributed by atoms with E-state index in [0.29, 0.717) is 19.0 Å². The van der Waals surface area contributed by atoms with Crippen molar-refractivity contribution in [2.24, 2.45) is 5.16 Å². The number of hydrogen-bond acceptors (Lipinski definition) is 5. The summed E-state index contributed by atoms with van der Waals surface area (Å²) in [6.07, 6.45) is 6.22. The summed E-state index contributed by atoms with van der Waals surface area (Å²) in [5, 5.41) is 21.5. The van der Waals surface area contributed by atoms with Crippen LogP contribution in [0.5, 0.6) is 0 Å². The second-order valence-corrected chi connectivity index (χ2v) is 6.20. The number of fused-ring (bicyclic) bond motifs is 1. The molecule has 0 radical (unpaired) electrons. The molecule has 0 aliphatic carbocycles. The minimum atomic E-state index is -1.82. The van der Waals surface area contributed by atoms with E-state index >= 15 is 0 Å². The first-order valence-corrected chi connectivity index (χ1v) is 9.20. The van der Waals surface area contributed by atoms with Crippen molar-refractivity contribution >= 4 is 40.0 Å². The van der Waals surface area contributed by atoms with Crippen LogP contribution in [0.3, 0.4) is 0 Å². The highest BCUT2D eigenvalue weighted by Crippen LogP contribution is 2.17. The van der Waals surface area contributed by atoms with Crippen LogP contribution in [-0.2, 0) is 21.0 Å². The number of rotatable bonds is 7. The molecular formula is C20H20ClN3O5. The molecule has 0 saturated heterocycles. The van der Waals surface area contributed by atoms with Gasteiger partial charge in [0.1, 0.15) is 12.3 Å². The summed E-state index contributed by atoms with van der Waals surface area (Å²) in [6.45, 7) is 1.13. The van der Waals surface area contributed by atoms with Crippen molar-refractivity contribution in [1.82, 2.24) is 9.55 Å². The summed E-state index contributed by atoms with van der Waals surface area (Å²) in [5.41, 5.74) is 1.91. The monoisotopic (exact) mass is 417 g/mol. The van der Waals surface area contributed by atoms with Gasteiger partial charge in [-0.25, -0.2) is 14.6 Å². The first kappa shape index (κ1) is 21.9. The Kier molecular flexibility index (Phi) is 8.65. The Morgan fingerprint density at radius 3 is 2.45 bits per heavy atom. The van der Waals surface area contributed by atoms with Crippen LogP contribution in [-0.4, -0.2) is 49.9 Å². The van der Waals surface area contributed by atoms with Gasteiger partial charge in [0.05, 0.1) is 12.9 Å². The largest absolute Gasteiger partial charge is 0.473 e. The van der Waals surface area contributed by atoms with Crippen LogP contribution in [0.25, 0.3) is 10.8 Å². The van der Waals surface area contributed by atoms with Gasteiger partial charge in [0.15, 0.2) is 0 Å². The van der Waals surface area contributed by atoms with Crippen molar-refractivity contribution in [1.29, 1.82) is 0 Å². The van der Waals surface area contributed by atoms with E-state index in [9.17, 15) is 0 Å². The van der Waals surface area contributed by atoms with E-state index in [-0.39, 0.29) is 0 Å². The fourth-order valence-corrected chi connectivity index (χ4v) is 2.45. The van der Waals surface area contributed by atoms with E-state index in [2.05, 4.69) is 40.5 Å². The Morgan fingerprint density at radius 2 is 1.83 bits per heavy atom. The summed E-state index contributed by atoms with van der Waals surface area (Å²) in [6, 6.07) is 14.6. The summed E-state index contributed by atoms with van der Waals surface area (Å²) in [7, 11) is 0. The third-order valence-electron chi connectivity index (χ3n) is 3.70.